The zero-order valence-electron chi connectivity index (χ0n) is 16.4. The normalized spacial score (nSPS) is 16.2. The molecule has 9 nitrogen and oxygen atoms in total. The number of likely N-dealkylation sites (tertiary alicyclic amines) is 1. The van der Waals surface area contributed by atoms with E-state index in [1.54, 1.807) is 23.2 Å². The molecule has 3 rings (SSSR count). The first-order chi connectivity index (χ1) is 13.2. The SMILES string of the molecule is CC(C)(C)OC(=O)N1CCC(C(=O)NC(N)=Nc2ccc3cn[nH]c3c2)CC1. The molecule has 0 saturated carbocycles. The monoisotopic (exact) mass is 386 g/mol. The van der Waals surface area contributed by atoms with Gasteiger partial charge in [-0.2, -0.15) is 5.10 Å². The molecule has 0 bridgehead atoms. The molecule has 1 aromatic carbocycles. The van der Waals surface area contributed by atoms with E-state index < -0.39 is 5.60 Å². The predicted octanol–water partition coefficient (Wildman–Crippen LogP) is 2.27. The first-order valence-corrected chi connectivity index (χ1v) is 9.27. The van der Waals surface area contributed by atoms with Crippen LogP contribution in [-0.4, -0.2) is 51.7 Å². The molecule has 2 aromatic rings. The van der Waals surface area contributed by atoms with Crippen LogP contribution < -0.4 is 11.1 Å². The largest absolute Gasteiger partial charge is 0.444 e. The predicted molar refractivity (Wildman–Crippen MR) is 106 cm³/mol. The van der Waals surface area contributed by atoms with Crippen LogP contribution in [0.4, 0.5) is 10.5 Å². The number of nitrogens with two attached hydrogens (primary N) is 1. The molecule has 28 heavy (non-hydrogen) atoms. The first kappa shape index (κ1) is 19.7. The van der Waals surface area contributed by atoms with Crippen molar-refractivity contribution in [1.29, 1.82) is 0 Å². The molecule has 0 radical (unpaired) electrons. The van der Waals surface area contributed by atoms with E-state index in [0.717, 1.165) is 10.9 Å². The van der Waals surface area contributed by atoms with E-state index in [2.05, 4.69) is 20.5 Å². The Morgan fingerprint density at radius 1 is 1.32 bits per heavy atom. The van der Waals surface area contributed by atoms with Gasteiger partial charge in [-0.25, -0.2) is 9.79 Å². The maximum Gasteiger partial charge on any atom is 0.410 e. The molecule has 0 atom stereocenters. The minimum atomic E-state index is -0.532. The molecule has 1 aliphatic heterocycles. The number of hydrogen-bond acceptors (Lipinski definition) is 5. The van der Waals surface area contributed by atoms with Crippen molar-refractivity contribution in [3.8, 4) is 0 Å². The van der Waals surface area contributed by atoms with E-state index >= 15 is 0 Å². The van der Waals surface area contributed by atoms with Crippen molar-refractivity contribution in [2.75, 3.05) is 13.1 Å². The van der Waals surface area contributed by atoms with Crippen LogP contribution in [0.25, 0.3) is 10.9 Å². The Hall–Kier alpha value is -3.10. The Morgan fingerprint density at radius 2 is 2.04 bits per heavy atom. The molecular formula is C19H26N6O3. The van der Waals surface area contributed by atoms with Crippen molar-refractivity contribution in [2.45, 2.75) is 39.2 Å². The highest BCUT2D eigenvalue weighted by Gasteiger charge is 2.30. The highest BCUT2D eigenvalue weighted by Crippen LogP contribution is 2.21. The topological polar surface area (TPSA) is 126 Å². The standard InChI is InChI=1S/C19H26N6O3/c1-19(2,3)28-18(27)25-8-6-12(7-9-25)16(26)23-17(20)22-14-5-4-13-11-21-24-15(13)10-14/h4-5,10-12H,6-9H2,1-3H3,(H,21,24)(H3,20,22,23,26). The van der Waals surface area contributed by atoms with Crippen LogP contribution in [0.15, 0.2) is 29.4 Å². The third kappa shape index (κ3) is 4.99. The molecule has 150 valence electrons. The van der Waals surface area contributed by atoms with E-state index in [4.69, 9.17) is 10.5 Å². The number of nitrogens with zero attached hydrogens (tertiary/aromatic N) is 3. The smallest absolute Gasteiger partial charge is 0.410 e. The Labute approximate surface area is 163 Å². The lowest BCUT2D eigenvalue weighted by Gasteiger charge is -2.32. The van der Waals surface area contributed by atoms with Crippen molar-refractivity contribution < 1.29 is 14.3 Å². The molecule has 0 aliphatic carbocycles. The summed E-state index contributed by atoms with van der Waals surface area (Å²) in [7, 11) is 0. The van der Waals surface area contributed by atoms with Crippen molar-refractivity contribution in [1.82, 2.24) is 20.4 Å². The third-order valence-electron chi connectivity index (χ3n) is 4.44. The fourth-order valence-electron chi connectivity index (χ4n) is 3.04. The van der Waals surface area contributed by atoms with Gasteiger partial charge in [0.1, 0.15) is 5.60 Å². The molecule has 2 heterocycles. The molecule has 1 saturated heterocycles. The molecule has 2 amide bonds. The van der Waals surface area contributed by atoms with Crippen LogP contribution in [0.2, 0.25) is 0 Å². The van der Waals surface area contributed by atoms with Crippen LogP contribution in [-0.2, 0) is 9.53 Å². The minimum Gasteiger partial charge on any atom is -0.444 e. The average molecular weight is 386 g/mol. The number of benzene rings is 1. The molecule has 1 fully saturated rings. The molecule has 1 aliphatic rings. The number of carbonyl (C=O) groups excluding carboxylic acids is 2. The number of aromatic nitrogens is 2. The van der Waals surface area contributed by atoms with Crippen molar-refractivity contribution >= 4 is 34.6 Å². The molecule has 0 spiro atoms. The maximum absolute atomic E-state index is 12.5. The van der Waals surface area contributed by atoms with Crippen LogP contribution in [0.1, 0.15) is 33.6 Å². The summed E-state index contributed by atoms with van der Waals surface area (Å²) in [5.74, 6) is -0.367. The second kappa shape index (κ2) is 7.87. The van der Waals surface area contributed by atoms with Gasteiger partial charge in [0.05, 0.1) is 17.4 Å². The van der Waals surface area contributed by atoms with Crippen LogP contribution in [0, 0.1) is 5.92 Å². The number of aliphatic imine (C=N–C) groups is 1. The van der Waals surface area contributed by atoms with Gasteiger partial charge in [-0.15, -0.1) is 0 Å². The summed E-state index contributed by atoms with van der Waals surface area (Å²) in [6.45, 7) is 6.44. The Balaban J connectivity index is 1.53. The van der Waals surface area contributed by atoms with Gasteiger partial charge in [-0.05, 0) is 51.8 Å². The highest BCUT2D eigenvalue weighted by molar-refractivity contribution is 5.98. The number of rotatable bonds is 2. The van der Waals surface area contributed by atoms with Gasteiger partial charge in [0.25, 0.3) is 0 Å². The van der Waals surface area contributed by atoms with E-state index in [1.165, 1.54) is 0 Å². The summed E-state index contributed by atoms with van der Waals surface area (Å²) in [6.07, 6.45) is 2.48. The van der Waals surface area contributed by atoms with E-state index in [9.17, 15) is 9.59 Å². The summed E-state index contributed by atoms with van der Waals surface area (Å²) < 4.78 is 5.37. The summed E-state index contributed by atoms with van der Waals surface area (Å²) >= 11 is 0. The molecule has 4 N–H and O–H groups in total. The number of nitrogens with one attached hydrogen (secondary N) is 2. The van der Waals surface area contributed by atoms with Crippen LogP contribution in [0.5, 0.6) is 0 Å². The highest BCUT2D eigenvalue weighted by atomic mass is 16.6. The van der Waals surface area contributed by atoms with Gasteiger partial charge < -0.3 is 15.4 Å². The van der Waals surface area contributed by atoms with Crippen molar-refractivity contribution in [3.63, 3.8) is 0 Å². The Morgan fingerprint density at radius 3 is 2.71 bits per heavy atom. The van der Waals surface area contributed by atoms with E-state index in [0.29, 0.717) is 31.6 Å². The Kier molecular flexibility index (Phi) is 5.53. The molecule has 1 aromatic heterocycles. The second-order valence-corrected chi connectivity index (χ2v) is 7.87. The lowest BCUT2D eigenvalue weighted by atomic mass is 9.96. The first-order valence-electron chi connectivity index (χ1n) is 9.27. The lowest BCUT2D eigenvalue weighted by molar-refractivity contribution is -0.125. The van der Waals surface area contributed by atoms with E-state index in [1.807, 2.05) is 26.8 Å². The fourth-order valence-corrected chi connectivity index (χ4v) is 3.04. The van der Waals surface area contributed by atoms with Crippen molar-refractivity contribution in [2.24, 2.45) is 16.6 Å². The number of guanidine groups is 1. The number of amides is 2. The van der Waals surface area contributed by atoms with Crippen LogP contribution >= 0.6 is 0 Å². The molecule has 9 heteroatoms. The molecule has 0 unspecified atom stereocenters. The Bertz CT molecular complexity index is 890. The van der Waals surface area contributed by atoms with Gasteiger partial charge >= 0.3 is 6.09 Å². The number of ether oxygens (including phenoxy) is 1. The number of piperidine rings is 1. The van der Waals surface area contributed by atoms with Gasteiger partial charge in [-0.1, -0.05) is 0 Å². The maximum atomic E-state index is 12.5. The second-order valence-electron chi connectivity index (χ2n) is 7.87. The number of carbonyl (C=O) groups is 2. The summed E-state index contributed by atoms with van der Waals surface area (Å²) in [4.78, 5) is 30.4. The average Bonchev–Trinajstić information content (AvgIpc) is 3.08. The summed E-state index contributed by atoms with van der Waals surface area (Å²) in [6, 6.07) is 5.48. The third-order valence-corrected chi connectivity index (χ3v) is 4.44. The number of hydrogen-bond donors (Lipinski definition) is 3. The minimum absolute atomic E-state index is 0.0402. The van der Waals surface area contributed by atoms with Gasteiger partial charge in [0, 0.05) is 24.4 Å². The number of fused-ring (bicyclic) bond motifs is 1. The number of aromatic amines is 1. The van der Waals surface area contributed by atoms with Gasteiger partial charge in [0.2, 0.25) is 11.9 Å². The quantitative estimate of drug-likeness (QED) is 0.539. The van der Waals surface area contributed by atoms with Gasteiger partial charge in [0.15, 0.2) is 0 Å². The fraction of sp³-hybridized carbons (Fsp3) is 0.474. The van der Waals surface area contributed by atoms with Gasteiger partial charge in [-0.3, -0.25) is 15.2 Å². The summed E-state index contributed by atoms with van der Waals surface area (Å²) in [5.41, 5.74) is 6.82. The van der Waals surface area contributed by atoms with Crippen molar-refractivity contribution in [3.05, 3.63) is 24.4 Å². The number of H-pyrrole nitrogens is 1. The van der Waals surface area contributed by atoms with E-state index in [-0.39, 0.29) is 23.9 Å². The summed E-state index contributed by atoms with van der Waals surface area (Å²) in [5, 5.41) is 10.4. The zero-order chi connectivity index (χ0) is 20.3. The molecular weight excluding hydrogens is 360 g/mol. The zero-order valence-corrected chi connectivity index (χ0v) is 16.4. The lowest BCUT2D eigenvalue weighted by Crippen LogP contribution is -2.47. The van der Waals surface area contributed by atoms with Crippen LogP contribution in [0.3, 0.4) is 0 Å².